The van der Waals surface area contributed by atoms with E-state index >= 15 is 0 Å². The van der Waals surface area contributed by atoms with Gasteiger partial charge in [-0.2, -0.15) is 0 Å². The van der Waals surface area contributed by atoms with Gasteiger partial charge in [-0.1, -0.05) is 41.4 Å². The minimum atomic E-state index is 0.0711. The molecule has 0 amide bonds. The summed E-state index contributed by atoms with van der Waals surface area (Å²) >= 11 is 5.95. The maximum Gasteiger partial charge on any atom is 0.274 e. The highest BCUT2D eigenvalue weighted by atomic mass is 35.5. The second-order valence-corrected chi connectivity index (χ2v) is 6.57. The molecule has 0 spiro atoms. The van der Waals surface area contributed by atoms with Gasteiger partial charge in [-0.25, -0.2) is 0 Å². The van der Waals surface area contributed by atoms with Crippen molar-refractivity contribution in [3.63, 3.8) is 0 Å². The van der Waals surface area contributed by atoms with Crippen LogP contribution in [0.2, 0.25) is 5.02 Å². The number of nitrogens with two attached hydrogens (primary N) is 1. The van der Waals surface area contributed by atoms with Crippen LogP contribution >= 0.6 is 11.6 Å². The highest BCUT2D eigenvalue weighted by molar-refractivity contribution is 6.30. The molecular formula is C19H21ClN3O+. The van der Waals surface area contributed by atoms with E-state index in [9.17, 15) is 0 Å². The van der Waals surface area contributed by atoms with Gasteiger partial charge in [-0.15, -0.1) is 10.2 Å². The maximum absolute atomic E-state index is 5.95. The summed E-state index contributed by atoms with van der Waals surface area (Å²) in [5.41, 5.74) is 3.33. The molecule has 0 saturated carbocycles. The molecule has 5 heteroatoms. The van der Waals surface area contributed by atoms with Crippen LogP contribution in [0, 0.1) is 6.92 Å². The van der Waals surface area contributed by atoms with Gasteiger partial charge in [-0.3, -0.25) is 0 Å². The Balaban J connectivity index is 1.71. The number of hydrogen-bond acceptors (Lipinski definition) is 3. The van der Waals surface area contributed by atoms with Crippen LogP contribution in [0.25, 0.3) is 11.5 Å². The van der Waals surface area contributed by atoms with Crippen molar-refractivity contribution in [2.24, 2.45) is 0 Å². The number of quaternary nitrogens is 1. The largest absolute Gasteiger partial charge is 0.415 e. The summed E-state index contributed by atoms with van der Waals surface area (Å²) in [6, 6.07) is 16.3. The van der Waals surface area contributed by atoms with Crippen LogP contribution in [0.4, 0.5) is 0 Å². The average Bonchev–Trinajstić information content (AvgIpc) is 3.05. The van der Waals surface area contributed by atoms with Gasteiger partial charge in [0, 0.05) is 16.1 Å². The summed E-state index contributed by atoms with van der Waals surface area (Å²) in [4.78, 5) is 0. The molecule has 0 aliphatic heterocycles. The van der Waals surface area contributed by atoms with Crippen LogP contribution < -0.4 is 5.32 Å². The van der Waals surface area contributed by atoms with Gasteiger partial charge in [0.15, 0.2) is 6.04 Å². The van der Waals surface area contributed by atoms with Crippen LogP contribution in [-0.4, -0.2) is 10.2 Å². The molecule has 0 aliphatic carbocycles. The van der Waals surface area contributed by atoms with E-state index in [4.69, 9.17) is 16.0 Å². The van der Waals surface area contributed by atoms with Crippen molar-refractivity contribution in [1.82, 2.24) is 10.2 Å². The molecule has 1 heterocycles. The van der Waals surface area contributed by atoms with Gasteiger partial charge >= 0.3 is 0 Å². The van der Waals surface area contributed by atoms with E-state index < -0.39 is 0 Å². The highest BCUT2D eigenvalue weighted by Gasteiger charge is 2.21. The first-order valence-corrected chi connectivity index (χ1v) is 8.41. The van der Waals surface area contributed by atoms with E-state index in [1.165, 1.54) is 11.1 Å². The summed E-state index contributed by atoms with van der Waals surface area (Å²) in [5.74, 6) is 1.19. The molecule has 124 valence electrons. The Labute approximate surface area is 146 Å². The molecule has 0 aliphatic rings. The predicted octanol–water partition coefficient (Wildman–Crippen LogP) is 4.08. The summed E-state index contributed by atoms with van der Waals surface area (Å²) in [5, 5.41) is 11.4. The third kappa shape index (κ3) is 3.83. The zero-order chi connectivity index (χ0) is 17.1. The number of rotatable bonds is 5. The summed E-state index contributed by atoms with van der Waals surface area (Å²) in [6.45, 7) is 6.27. The maximum atomic E-state index is 5.95. The number of aromatic nitrogens is 2. The number of hydrogen-bond donors (Lipinski definition) is 1. The lowest BCUT2D eigenvalue weighted by atomic mass is 10.1. The molecule has 24 heavy (non-hydrogen) atoms. The van der Waals surface area contributed by atoms with Gasteiger partial charge in [0.1, 0.15) is 6.04 Å². The monoisotopic (exact) mass is 342 g/mol. The number of aryl methyl sites for hydroxylation is 1. The van der Waals surface area contributed by atoms with Crippen molar-refractivity contribution in [3.05, 3.63) is 70.6 Å². The quantitative estimate of drug-likeness (QED) is 0.760. The fourth-order valence-electron chi connectivity index (χ4n) is 2.71. The third-order valence-electron chi connectivity index (χ3n) is 4.07. The summed E-state index contributed by atoms with van der Waals surface area (Å²) < 4.78 is 5.87. The second-order valence-electron chi connectivity index (χ2n) is 6.14. The van der Waals surface area contributed by atoms with E-state index in [2.05, 4.69) is 29.4 Å². The smallest absolute Gasteiger partial charge is 0.274 e. The van der Waals surface area contributed by atoms with E-state index in [0.29, 0.717) is 11.8 Å². The van der Waals surface area contributed by atoms with Gasteiger partial charge in [0.2, 0.25) is 5.89 Å². The van der Waals surface area contributed by atoms with E-state index in [1.54, 1.807) is 0 Å². The zero-order valence-corrected chi connectivity index (χ0v) is 14.8. The SMILES string of the molecule is Cc1cccc(-c2nnc([C@@H](C)[NH2+][C@H](C)c3ccc(Cl)cc3)o2)c1. The van der Waals surface area contributed by atoms with Crippen LogP contribution in [0.5, 0.6) is 0 Å². The summed E-state index contributed by atoms with van der Waals surface area (Å²) in [7, 11) is 0. The molecule has 2 N–H and O–H groups in total. The van der Waals surface area contributed by atoms with Crippen molar-refractivity contribution in [2.45, 2.75) is 32.9 Å². The van der Waals surface area contributed by atoms with Crippen LogP contribution in [0.3, 0.4) is 0 Å². The van der Waals surface area contributed by atoms with Crippen LogP contribution in [0.15, 0.2) is 52.9 Å². The minimum absolute atomic E-state index is 0.0711. The Bertz CT molecular complexity index is 813. The Morgan fingerprint density at radius 2 is 1.75 bits per heavy atom. The molecule has 0 unspecified atom stereocenters. The average molecular weight is 343 g/mol. The molecule has 1 aromatic heterocycles. The van der Waals surface area contributed by atoms with Crippen molar-refractivity contribution < 1.29 is 9.73 Å². The van der Waals surface area contributed by atoms with E-state index in [-0.39, 0.29) is 12.1 Å². The Hall–Kier alpha value is -2.17. The third-order valence-corrected chi connectivity index (χ3v) is 4.32. The number of nitrogens with zero attached hydrogens (tertiary/aromatic N) is 2. The van der Waals surface area contributed by atoms with Gasteiger partial charge in [0.05, 0.1) is 0 Å². The highest BCUT2D eigenvalue weighted by Crippen LogP contribution is 2.21. The molecule has 2 atom stereocenters. The molecule has 2 aromatic carbocycles. The van der Waals surface area contributed by atoms with Crippen molar-refractivity contribution >= 4 is 11.6 Å². The van der Waals surface area contributed by atoms with E-state index in [1.807, 2.05) is 55.5 Å². The standard InChI is InChI=1S/C19H20ClN3O/c1-12-5-4-6-16(11-12)19-23-22-18(24-19)14(3)21-13(2)15-7-9-17(20)10-8-15/h4-11,13-14,21H,1-3H3/p+1/t13-,14-/m1/s1. The first kappa shape index (κ1) is 16.7. The molecule has 3 aromatic rings. The first-order chi connectivity index (χ1) is 11.5. The molecule has 0 fully saturated rings. The molecular weight excluding hydrogens is 322 g/mol. The first-order valence-electron chi connectivity index (χ1n) is 8.04. The fraction of sp³-hybridized carbons (Fsp3) is 0.263. The predicted molar refractivity (Wildman–Crippen MR) is 94.7 cm³/mol. The van der Waals surface area contributed by atoms with Crippen molar-refractivity contribution in [1.29, 1.82) is 0 Å². The topological polar surface area (TPSA) is 55.5 Å². The minimum Gasteiger partial charge on any atom is -0.415 e. The Kier molecular flexibility index (Phi) is 4.97. The number of benzene rings is 2. The molecule has 0 radical (unpaired) electrons. The van der Waals surface area contributed by atoms with Crippen molar-refractivity contribution in [2.75, 3.05) is 0 Å². The summed E-state index contributed by atoms with van der Waals surface area (Å²) in [6.07, 6.45) is 0. The lowest BCUT2D eigenvalue weighted by Gasteiger charge is -2.14. The van der Waals surface area contributed by atoms with Crippen LogP contribution in [-0.2, 0) is 0 Å². The Morgan fingerprint density at radius 3 is 2.46 bits per heavy atom. The lowest BCUT2D eigenvalue weighted by Crippen LogP contribution is -2.85. The van der Waals surface area contributed by atoms with Crippen molar-refractivity contribution in [3.8, 4) is 11.5 Å². The zero-order valence-electron chi connectivity index (χ0n) is 14.0. The molecule has 4 nitrogen and oxygen atoms in total. The normalized spacial score (nSPS) is 13.7. The van der Waals surface area contributed by atoms with E-state index in [0.717, 1.165) is 10.6 Å². The fourth-order valence-corrected chi connectivity index (χ4v) is 2.83. The van der Waals surface area contributed by atoms with Gasteiger partial charge < -0.3 is 9.73 Å². The number of halogens is 1. The van der Waals surface area contributed by atoms with Crippen LogP contribution in [0.1, 0.15) is 42.9 Å². The van der Waals surface area contributed by atoms with Gasteiger partial charge in [-0.05, 0) is 45.0 Å². The van der Waals surface area contributed by atoms with Gasteiger partial charge in [0.25, 0.3) is 5.89 Å². The lowest BCUT2D eigenvalue weighted by molar-refractivity contribution is -0.730. The molecule has 3 rings (SSSR count). The second kappa shape index (κ2) is 7.16. The molecule has 0 bridgehead atoms. The Morgan fingerprint density at radius 1 is 1.00 bits per heavy atom. The molecule has 0 saturated heterocycles.